The fourth-order valence-electron chi connectivity index (χ4n) is 3.39. The highest BCUT2D eigenvalue weighted by molar-refractivity contribution is 5.50. The van der Waals surface area contributed by atoms with Crippen LogP contribution < -0.4 is 10.2 Å². The molecule has 0 aromatic carbocycles. The molecule has 106 valence electrons. The maximum absolute atomic E-state index is 4.63. The van der Waals surface area contributed by atoms with Crippen LogP contribution in [0.4, 0.5) is 5.82 Å². The van der Waals surface area contributed by atoms with Crippen LogP contribution in [0, 0.1) is 11.8 Å². The van der Waals surface area contributed by atoms with Gasteiger partial charge in [-0.15, -0.1) is 0 Å². The molecule has 1 atom stereocenters. The predicted molar refractivity (Wildman–Crippen MR) is 78.6 cm³/mol. The summed E-state index contributed by atoms with van der Waals surface area (Å²) in [5.41, 5.74) is 2.90. The highest BCUT2D eigenvalue weighted by atomic mass is 15.3. The van der Waals surface area contributed by atoms with Crippen molar-refractivity contribution in [2.24, 2.45) is 11.8 Å². The second-order valence-corrected chi connectivity index (χ2v) is 6.34. The van der Waals surface area contributed by atoms with Gasteiger partial charge in [0.1, 0.15) is 0 Å². The fourth-order valence-corrected chi connectivity index (χ4v) is 3.39. The quantitative estimate of drug-likeness (QED) is 0.856. The van der Waals surface area contributed by atoms with Gasteiger partial charge in [-0.1, -0.05) is 13.8 Å². The van der Waals surface area contributed by atoms with E-state index in [2.05, 4.69) is 34.3 Å². The monoisotopic (exact) mass is 262 g/mol. The first-order valence-electron chi connectivity index (χ1n) is 7.77. The number of nitrogens with one attached hydrogen (secondary N) is 2. The van der Waals surface area contributed by atoms with Crippen LogP contribution in [0.15, 0.2) is 0 Å². The van der Waals surface area contributed by atoms with E-state index in [1.807, 2.05) is 0 Å². The molecule has 4 heteroatoms. The van der Waals surface area contributed by atoms with E-state index in [0.717, 1.165) is 38.0 Å². The van der Waals surface area contributed by atoms with E-state index in [1.54, 1.807) is 0 Å². The topological polar surface area (TPSA) is 44.0 Å². The maximum atomic E-state index is 4.63. The maximum Gasteiger partial charge on any atom is 0.153 e. The first-order valence-corrected chi connectivity index (χ1v) is 7.77. The van der Waals surface area contributed by atoms with Crippen molar-refractivity contribution in [1.82, 2.24) is 15.5 Å². The van der Waals surface area contributed by atoms with Gasteiger partial charge in [0.2, 0.25) is 0 Å². The van der Waals surface area contributed by atoms with Gasteiger partial charge in [-0.05, 0) is 44.1 Å². The van der Waals surface area contributed by atoms with Gasteiger partial charge in [0.15, 0.2) is 5.82 Å². The molecule has 1 unspecified atom stereocenters. The predicted octanol–water partition coefficient (Wildman–Crippen LogP) is 1.97. The summed E-state index contributed by atoms with van der Waals surface area (Å²) in [6.45, 7) is 9.14. The van der Waals surface area contributed by atoms with Gasteiger partial charge < -0.3 is 10.2 Å². The summed E-state index contributed by atoms with van der Waals surface area (Å²) in [6.07, 6.45) is 4.92. The Kier molecular flexibility index (Phi) is 3.78. The lowest BCUT2D eigenvalue weighted by Crippen LogP contribution is -2.30. The number of aryl methyl sites for hydroxylation is 1. The second-order valence-electron chi connectivity index (χ2n) is 6.34. The molecule has 2 aliphatic rings. The van der Waals surface area contributed by atoms with E-state index < -0.39 is 0 Å². The zero-order chi connectivity index (χ0) is 13.2. The molecule has 0 radical (unpaired) electrons. The number of nitrogens with zero attached hydrogens (tertiary/aromatic N) is 2. The zero-order valence-electron chi connectivity index (χ0n) is 12.2. The Morgan fingerprint density at radius 3 is 3.00 bits per heavy atom. The van der Waals surface area contributed by atoms with Crippen LogP contribution in [0.2, 0.25) is 0 Å². The molecule has 0 bridgehead atoms. The normalized spacial score (nSPS) is 24.4. The van der Waals surface area contributed by atoms with Crippen molar-refractivity contribution >= 4 is 5.82 Å². The van der Waals surface area contributed by atoms with E-state index in [4.69, 9.17) is 0 Å². The van der Waals surface area contributed by atoms with E-state index in [0.29, 0.717) is 0 Å². The summed E-state index contributed by atoms with van der Waals surface area (Å²) in [4.78, 5) is 2.47. The zero-order valence-corrected chi connectivity index (χ0v) is 12.2. The van der Waals surface area contributed by atoms with Crippen LogP contribution >= 0.6 is 0 Å². The molecular weight excluding hydrogens is 236 g/mol. The number of aromatic amines is 1. The molecule has 1 aliphatic heterocycles. The molecule has 2 heterocycles. The number of aromatic nitrogens is 2. The van der Waals surface area contributed by atoms with Crippen molar-refractivity contribution in [2.45, 2.75) is 39.5 Å². The molecule has 1 aromatic rings. The third kappa shape index (κ3) is 2.64. The van der Waals surface area contributed by atoms with Crippen LogP contribution in [-0.2, 0) is 12.8 Å². The Hall–Kier alpha value is -1.03. The van der Waals surface area contributed by atoms with Gasteiger partial charge in [-0.3, -0.25) is 5.10 Å². The van der Waals surface area contributed by atoms with Crippen LogP contribution in [0.25, 0.3) is 0 Å². The number of anilines is 1. The second kappa shape index (κ2) is 5.53. The summed E-state index contributed by atoms with van der Waals surface area (Å²) < 4.78 is 0. The molecule has 4 nitrogen and oxygen atoms in total. The average molecular weight is 262 g/mol. The average Bonchev–Trinajstić information content (AvgIpc) is 2.64. The Labute approximate surface area is 116 Å². The molecule has 1 aromatic heterocycles. The molecule has 1 saturated heterocycles. The third-order valence-electron chi connectivity index (χ3n) is 4.74. The summed E-state index contributed by atoms with van der Waals surface area (Å²) >= 11 is 0. The van der Waals surface area contributed by atoms with E-state index in [-0.39, 0.29) is 0 Å². The van der Waals surface area contributed by atoms with Crippen LogP contribution in [-0.4, -0.2) is 36.4 Å². The van der Waals surface area contributed by atoms with Crippen molar-refractivity contribution in [3.8, 4) is 0 Å². The lowest BCUT2D eigenvalue weighted by molar-refractivity contribution is 0.342. The standard InChI is InChI=1S/C15H26N4/c1-11(2)12-4-5-14-13(10-12)15(18-17-14)19-8-3-6-16-7-9-19/h11-12,16H,3-10H2,1-2H3,(H,17,18). The molecular formula is C15H26N4. The van der Waals surface area contributed by atoms with Crippen molar-refractivity contribution in [3.05, 3.63) is 11.3 Å². The van der Waals surface area contributed by atoms with Crippen molar-refractivity contribution in [1.29, 1.82) is 0 Å². The number of rotatable bonds is 2. The Balaban J connectivity index is 1.81. The van der Waals surface area contributed by atoms with E-state index in [9.17, 15) is 0 Å². The highest BCUT2D eigenvalue weighted by Gasteiger charge is 2.27. The molecule has 19 heavy (non-hydrogen) atoms. The lowest BCUT2D eigenvalue weighted by Gasteiger charge is -2.28. The van der Waals surface area contributed by atoms with Gasteiger partial charge in [-0.25, -0.2) is 0 Å². The lowest BCUT2D eigenvalue weighted by atomic mass is 9.80. The number of H-pyrrole nitrogens is 1. The van der Waals surface area contributed by atoms with Gasteiger partial charge in [-0.2, -0.15) is 5.10 Å². The smallest absolute Gasteiger partial charge is 0.153 e. The van der Waals surface area contributed by atoms with Gasteiger partial charge >= 0.3 is 0 Å². The largest absolute Gasteiger partial charge is 0.354 e. The molecule has 1 aliphatic carbocycles. The SMILES string of the molecule is CC(C)C1CCc2[nH]nc(N3CCCNCC3)c2C1. The summed E-state index contributed by atoms with van der Waals surface area (Å²) in [5.74, 6) is 2.85. The molecule has 1 fully saturated rings. The highest BCUT2D eigenvalue weighted by Crippen LogP contribution is 2.34. The molecule has 2 N–H and O–H groups in total. The number of hydrogen-bond acceptors (Lipinski definition) is 3. The fraction of sp³-hybridized carbons (Fsp3) is 0.800. The minimum absolute atomic E-state index is 0.779. The van der Waals surface area contributed by atoms with E-state index >= 15 is 0 Å². The van der Waals surface area contributed by atoms with Crippen molar-refractivity contribution in [2.75, 3.05) is 31.1 Å². The number of fused-ring (bicyclic) bond motifs is 1. The first kappa shape index (κ1) is 13.0. The van der Waals surface area contributed by atoms with E-state index in [1.165, 1.54) is 42.8 Å². The minimum Gasteiger partial charge on any atom is -0.354 e. The Morgan fingerprint density at radius 2 is 2.16 bits per heavy atom. The summed E-state index contributed by atoms with van der Waals surface area (Å²) in [7, 11) is 0. The van der Waals surface area contributed by atoms with Crippen molar-refractivity contribution < 1.29 is 0 Å². The minimum atomic E-state index is 0.779. The van der Waals surface area contributed by atoms with Gasteiger partial charge in [0.25, 0.3) is 0 Å². The van der Waals surface area contributed by atoms with Gasteiger partial charge in [0, 0.05) is 30.9 Å². The molecule has 0 spiro atoms. The number of hydrogen-bond donors (Lipinski definition) is 2. The van der Waals surface area contributed by atoms with Crippen molar-refractivity contribution in [3.63, 3.8) is 0 Å². The van der Waals surface area contributed by atoms with Crippen LogP contribution in [0.3, 0.4) is 0 Å². The Bertz CT molecular complexity index is 416. The first-order chi connectivity index (χ1) is 9.25. The molecule has 3 rings (SSSR count). The van der Waals surface area contributed by atoms with Gasteiger partial charge in [0.05, 0.1) is 0 Å². The summed E-state index contributed by atoms with van der Waals surface area (Å²) in [6, 6.07) is 0. The van der Waals surface area contributed by atoms with Crippen LogP contribution in [0.5, 0.6) is 0 Å². The molecule has 0 saturated carbocycles. The summed E-state index contributed by atoms with van der Waals surface area (Å²) in [5, 5.41) is 11.4. The Morgan fingerprint density at radius 1 is 1.26 bits per heavy atom. The molecule has 0 amide bonds. The van der Waals surface area contributed by atoms with Crippen LogP contribution in [0.1, 0.15) is 37.9 Å². The third-order valence-corrected chi connectivity index (χ3v) is 4.74.